The van der Waals surface area contributed by atoms with Crippen molar-refractivity contribution in [3.05, 3.63) is 17.5 Å². The summed E-state index contributed by atoms with van der Waals surface area (Å²) < 4.78 is 0. The maximum Gasteiger partial charge on any atom is 0.0712 e. The molecule has 1 aromatic heterocycles. The Morgan fingerprint density at radius 1 is 1.80 bits per heavy atom. The number of aryl methyl sites for hydroxylation is 1. The zero-order valence-electron chi connectivity index (χ0n) is 5.91. The zero-order chi connectivity index (χ0) is 7.56. The summed E-state index contributed by atoms with van der Waals surface area (Å²) in [6, 6.07) is 0. The van der Waals surface area contributed by atoms with Gasteiger partial charge < -0.3 is 10.9 Å². The Kier molecular flexibility index (Phi) is 1.91. The number of rotatable bonds is 2. The molecule has 0 aliphatic rings. The number of nitrogens with zero attached hydrogens (tertiary/aromatic N) is 2. The SMILES string of the molecule is CCc1nn(O)cc1CN. The fourth-order valence-corrected chi connectivity index (χ4v) is 0.899. The molecular weight excluding hydrogens is 130 g/mol. The van der Waals surface area contributed by atoms with Gasteiger partial charge in [-0.05, 0) is 6.42 Å². The lowest BCUT2D eigenvalue weighted by Crippen LogP contribution is -1.97. The Morgan fingerprint density at radius 2 is 2.50 bits per heavy atom. The van der Waals surface area contributed by atoms with Crippen LogP contribution in [0.5, 0.6) is 0 Å². The van der Waals surface area contributed by atoms with Crippen molar-refractivity contribution >= 4 is 0 Å². The lowest BCUT2D eigenvalue weighted by Gasteiger charge is -1.90. The van der Waals surface area contributed by atoms with Gasteiger partial charge >= 0.3 is 0 Å². The lowest BCUT2D eigenvalue weighted by atomic mass is 10.2. The molecular formula is C6H11N3O. The van der Waals surface area contributed by atoms with Crippen molar-refractivity contribution < 1.29 is 5.21 Å². The number of hydrogen-bond donors (Lipinski definition) is 2. The molecule has 4 nitrogen and oxygen atoms in total. The summed E-state index contributed by atoms with van der Waals surface area (Å²) in [6.45, 7) is 2.41. The highest BCUT2D eigenvalue weighted by Crippen LogP contribution is 2.04. The Bertz CT molecular complexity index is 197. The van der Waals surface area contributed by atoms with Crippen LogP contribution in [0.3, 0.4) is 0 Å². The molecule has 56 valence electrons. The maximum atomic E-state index is 8.85. The van der Waals surface area contributed by atoms with E-state index in [1.165, 1.54) is 6.20 Å². The summed E-state index contributed by atoms with van der Waals surface area (Å²) in [7, 11) is 0. The predicted molar refractivity (Wildman–Crippen MR) is 36.7 cm³/mol. The monoisotopic (exact) mass is 141 g/mol. The summed E-state index contributed by atoms with van der Waals surface area (Å²) >= 11 is 0. The zero-order valence-corrected chi connectivity index (χ0v) is 5.91. The van der Waals surface area contributed by atoms with Crippen molar-refractivity contribution in [2.45, 2.75) is 19.9 Å². The normalized spacial score (nSPS) is 10.2. The van der Waals surface area contributed by atoms with Gasteiger partial charge in [-0.15, -0.1) is 9.94 Å². The van der Waals surface area contributed by atoms with Crippen molar-refractivity contribution in [3.63, 3.8) is 0 Å². The lowest BCUT2D eigenvalue weighted by molar-refractivity contribution is 0.147. The molecule has 10 heavy (non-hydrogen) atoms. The van der Waals surface area contributed by atoms with Crippen LogP contribution in [-0.2, 0) is 13.0 Å². The predicted octanol–water partition coefficient (Wildman–Crippen LogP) is 0.142. The molecule has 0 radical (unpaired) electrons. The highest BCUT2D eigenvalue weighted by Gasteiger charge is 2.03. The van der Waals surface area contributed by atoms with E-state index in [9.17, 15) is 0 Å². The van der Waals surface area contributed by atoms with Gasteiger partial charge in [0.25, 0.3) is 0 Å². The van der Waals surface area contributed by atoms with E-state index in [0.29, 0.717) is 6.54 Å². The molecule has 0 spiro atoms. The van der Waals surface area contributed by atoms with E-state index in [1.807, 2.05) is 6.92 Å². The molecule has 0 amide bonds. The Balaban J connectivity index is 2.96. The van der Waals surface area contributed by atoms with Gasteiger partial charge in [-0.1, -0.05) is 6.92 Å². The van der Waals surface area contributed by atoms with Gasteiger partial charge in [-0.25, -0.2) is 0 Å². The quantitative estimate of drug-likeness (QED) is 0.576. The third-order valence-corrected chi connectivity index (χ3v) is 1.42. The second kappa shape index (κ2) is 2.70. The molecule has 1 heterocycles. The van der Waals surface area contributed by atoms with Crippen molar-refractivity contribution in [1.82, 2.24) is 9.94 Å². The van der Waals surface area contributed by atoms with E-state index in [-0.39, 0.29) is 0 Å². The maximum absolute atomic E-state index is 8.85. The van der Waals surface area contributed by atoms with Crippen LogP contribution < -0.4 is 5.73 Å². The number of hydrogen-bond acceptors (Lipinski definition) is 3. The molecule has 0 unspecified atom stereocenters. The van der Waals surface area contributed by atoms with Gasteiger partial charge in [-0.3, -0.25) is 0 Å². The van der Waals surface area contributed by atoms with E-state index in [0.717, 1.165) is 22.5 Å². The summed E-state index contributed by atoms with van der Waals surface area (Å²) in [4.78, 5) is 0.807. The Hall–Kier alpha value is -1.03. The summed E-state index contributed by atoms with van der Waals surface area (Å²) in [5, 5.41) is 12.6. The molecule has 3 N–H and O–H groups in total. The fourth-order valence-electron chi connectivity index (χ4n) is 0.899. The minimum atomic E-state index is 0.434. The average molecular weight is 141 g/mol. The molecule has 0 atom stereocenters. The summed E-state index contributed by atoms with van der Waals surface area (Å²) in [5.41, 5.74) is 7.15. The summed E-state index contributed by atoms with van der Waals surface area (Å²) in [5.74, 6) is 0. The smallest absolute Gasteiger partial charge is 0.0712 e. The third kappa shape index (κ3) is 1.11. The number of nitrogens with two attached hydrogens (primary N) is 1. The average Bonchev–Trinajstić information content (AvgIpc) is 2.30. The molecule has 1 rings (SSSR count). The first kappa shape index (κ1) is 7.08. The molecule has 0 fully saturated rings. The Labute approximate surface area is 59.2 Å². The minimum absolute atomic E-state index is 0.434. The van der Waals surface area contributed by atoms with E-state index in [2.05, 4.69) is 5.10 Å². The van der Waals surface area contributed by atoms with Crippen molar-refractivity contribution in [2.24, 2.45) is 5.73 Å². The van der Waals surface area contributed by atoms with Crippen LogP contribution in [0.15, 0.2) is 6.20 Å². The van der Waals surface area contributed by atoms with Crippen LogP contribution in [0.1, 0.15) is 18.2 Å². The molecule has 0 bridgehead atoms. The van der Waals surface area contributed by atoms with Crippen LogP contribution in [0.2, 0.25) is 0 Å². The largest absolute Gasteiger partial charge is 0.412 e. The topological polar surface area (TPSA) is 64.1 Å². The van der Waals surface area contributed by atoms with Crippen molar-refractivity contribution in [2.75, 3.05) is 0 Å². The molecule has 0 saturated carbocycles. The third-order valence-electron chi connectivity index (χ3n) is 1.42. The summed E-state index contributed by atoms with van der Waals surface area (Å²) in [6.07, 6.45) is 2.33. The van der Waals surface area contributed by atoms with E-state index < -0.39 is 0 Å². The highest BCUT2D eigenvalue weighted by atomic mass is 16.5. The first-order valence-corrected chi connectivity index (χ1v) is 3.24. The second-order valence-corrected chi connectivity index (χ2v) is 2.08. The van der Waals surface area contributed by atoms with Crippen LogP contribution in [-0.4, -0.2) is 15.2 Å². The van der Waals surface area contributed by atoms with Gasteiger partial charge in [0, 0.05) is 12.1 Å². The molecule has 1 aromatic rings. The van der Waals surface area contributed by atoms with E-state index >= 15 is 0 Å². The molecule has 0 aromatic carbocycles. The molecule has 0 aliphatic heterocycles. The molecule has 0 aliphatic carbocycles. The molecule has 4 heteroatoms. The standard InChI is InChI=1S/C6H11N3O/c1-2-6-5(3-7)4-9(10)8-6/h4,10H,2-3,7H2,1H3. The van der Waals surface area contributed by atoms with E-state index in [4.69, 9.17) is 10.9 Å². The fraction of sp³-hybridized carbons (Fsp3) is 0.500. The van der Waals surface area contributed by atoms with Crippen LogP contribution in [0, 0.1) is 0 Å². The first-order valence-electron chi connectivity index (χ1n) is 3.24. The van der Waals surface area contributed by atoms with Crippen LogP contribution in [0.4, 0.5) is 0 Å². The second-order valence-electron chi connectivity index (χ2n) is 2.08. The van der Waals surface area contributed by atoms with Gasteiger partial charge in [-0.2, -0.15) is 0 Å². The Morgan fingerprint density at radius 3 is 2.90 bits per heavy atom. The highest BCUT2D eigenvalue weighted by molar-refractivity contribution is 5.15. The van der Waals surface area contributed by atoms with Crippen LogP contribution >= 0.6 is 0 Å². The van der Waals surface area contributed by atoms with Crippen LogP contribution in [0.25, 0.3) is 0 Å². The van der Waals surface area contributed by atoms with Crippen molar-refractivity contribution in [3.8, 4) is 0 Å². The van der Waals surface area contributed by atoms with E-state index in [1.54, 1.807) is 0 Å². The van der Waals surface area contributed by atoms with Gasteiger partial charge in [0.2, 0.25) is 0 Å². The minimum Gasteiger partial charge on any atom is -0.412 e. The van der Waals surface area contributed by atoms with Gasteiger partial charge in [0.1, 0.15) is 0 Å². The van der Waals surface area contributed by atoms with Gasteiger partial charge in [0.05, 0.1) is 11.9 Å². The van der Waals surface area contributed by atoms with Crippen molar-refractivity contribution in [1.29, 1.82) is 0 Å². The first-order chi connectivity index (χ1) is 4.77. The van der Waals surface area contributed by atoms with Gasteiger partial charge in [0.15, 0.2) is 0 Å². The molecule has 0 saturated heterocycles. The number of aromatic nitrogens is 2.